The minimum atomic E-state index is -0.253. The summed E-state index contributed by atoms with van der Waals surface area (Å²) in [7, 11) is 0. The number of nitrogens with two attached hydrogens (primary N) is 1. The molecule has 1 aromatic heterocycles. The van der Waals surface area contributed by atoms with Crippen molar-refractivity contribution in [1.82, 2.24) is 15.3 Å². The fourth-order valence-electron chi connectivity index (χ4n) is 2.02. The molecule has 2 heterocycles. The Balaban J connectivity index is 2.24. The maximum absolute atomic E-state index is 11.8. The predicted octanol–water partition coefficient (Wildman–Crippen LogP) is 0.750. The molecule has 1 fully saturated rings. The van der Waals surface area contributed by atoms with Crippen molar-refractivity contribution in [2.24, 2.45) is 5.84 Å². The van der Waals surface area contributed by atoms with Crippen molar-refractivity contribution in [2.75, 3.05) is 17.3 Å². The van der Waals surface area contributed by atoms with Gasteiger partial charge >= 0.3 is 0 Å². The van der Waals surface area contributed by atoms with Crippen LogP contribution in [0.2, 0.25) is 0 Å². The second kappa shape index (κ2) is 5.62. The summed E-state index contributed by atoms with van der Waals surface area (Å²) in [5, 5.41) is 6.00. The Morgan fingerprint density at radius 1 is 1.35 bits per heavy atom. The smallest absolute Gasteiger partial charge is 0.242 e. The van der Waals surface area contributed by atoms with Crippen LogP contribution in [0.1, 0.15) is 39.4 Å². The van der Waals surface area contributed by atoms with Gasteiger partial charge in [-0.2, -0.15) is 0 Å². The Hall–Kier alpha value is -1.89. The monoisotopic (exact) mass is 278 g/mol. The number of carbonyl (C=O) groups excluding carboxylic acids is 1. The number of nitrogens with zero attached hydrogens (tertiary/aromatic N) is 2. The van der Waals surface area contributed by atoms with Crippen molar-refractivity contribution in [3.63, 3.8) is 0 Å². The quantitative estimate of drug-likeness (QED) is 0.480. The molecule has 1 aliphatic heterocycles. The van der Waals surface area contributed by atoms with Gasteiger partial charge in [-0.1, -0.05) is 20.8 Å². The molecule has 0 bridgehead atoms. The van der Waals surface area contributed by atoms with Crippen LogP contribution < -0.4 is 21.9 Å². The van der Waals surface area contributed by atoms with E-state index in [1.54, 1.807) is 6.07 Å². The van der Waals surface area contributed by atoms with Gasteiger partial charge in [-0.25, -0.2) is 15.8 Å². The standard InChI is InChI=1S/C13H22N6O/c1-13(2,3)12-17-9(7-10(18-12)19-14)16-8-5-4-6-15-11(8)20/h7-8H,4-6,14H2,1-3H3,(H,15,20)(H2,16,17,18,19). The van der Waals surface area contributed by atoms with Crippen molar-refractivity contribution in [1.29, 1.82) is 0 Å². The van der Waals surface area contributed by atoms with E-state index in [0.717, 1.165) is 19.4 Å². The van der Waals surface area contributed by atoms with E-state index >= 15 is 0 Å². The zero-order chi connectivity index (χ0) is 14.8. The minimum Gasteiger partial charge on any atom is -0.358 e. The molecule has 20 heavy (non-hydrogen) atoms. The molecule has 0 aliphatic carbocycles. The highest BCUT2D eigenvalue weighted by Crippen LogP contribution is 2.22. The molecule has 0 saturated carbocycles. The Morgan fingerprint density at radius 2 is 2.05 bits per heavy atom. The average molecular weight is 278 g/mol. The summed E-state index contributed by atoms with van der Waals surface area (Å²) < 4.78 is 0. The molecule has 0 radical (unpaired) electrons. The van der Waals surface area contributed by atoms with Gasteiger partial charge in [0.1, 0.15) is 23.5 Å². The van der Waals surface area contributed by atoms with Crippen LogP contribution >= 0.6 is 0 Å². The minimum absolute atomic E-state index is 0.00873. The Bertz CT molecular complexity index is 496. The third kappa shape index (κ3) is 3.36. The normalized spacial score (nSPS) is 19.4. The molecule has 1 aliphatic rings. The van der Waals surface area contributed by atoms with E-state index in [0.29, 0.717) is 17.5 Å². The number of hydrogen-bond acceptors (Lipinski definition) is 6. The third-order valence-corrected chi connectivity index (χ3v) is 3.15. The molecule has 0 aromatic carbocycles. The van der Waals surface area contributed by atoms with Gasteiger partial charge in [0, 0.05) is 18.0 Å². The van der Waals surface area contributed by atoms with Gasteiger partial charge in [0.25, 0.3) is 0 Å². The Labute approximate surface area is 118 Å². The zero-order valence-electron chi connectivity index (χ0n) is 12.2. The van der Waals surface area contributed by atoms with Crippen LogP contribution in [-0.4, -0.2) is 28.5 Å². The zero-order valence-corrected chi connectivity index (χ0v) is 12.2. The topological polar surface area (TPSA) is 105 Å². The molecule has 1 atom stereocenters. The van der Waals surface area contributed by atoms with Crippen molar-refractivity contribution in [3.05, 3.63) is 11.9 Å². The number of hydrazine groups is 1. The predicted molar refractivity (Wildman–Crippen MR) is 78.2 cm³/mol. The van der Waals surface area contributed by atoms with Crippen molar-refractivity contribution >= 4 is 17.5 Å². The second-order valence-electron chi connectivity index (χ2n) is 5.99. The van der Waals surface area contributed by atoms with Crippen molar-refractivity contribution in [2.45, 2.75) is 45.1 Å². The number of nitrogens with one attached hydrogen (secondary N) is 3. The molecule has 1 saturated heterocycles. The first kappa shape index (κ1) is 14.5. The first-order valence-electron chi connectivity index (χ1n) is 6.80. The number of hydrogen-bond donors (Lipinski definition) is 4. The van der Waals surface area contributed by atoms with E-state index in [2.05, 4.69) is 26.0 Å². The van der Waals surface area contributed by atoms with E-state index in [9.17, 15) is 4.79 Å². The van der Waals surface area contributed by atoms with Crippen molar-refractivity contribution < 1.29 is 4.79 Å². The number of piperidine rings is 1. The number of anilines is 2. The van der Waals surface area contributed by atoms with Gasteiger partial charge in [-0.15, -0.1) is 0 Å². The molecule has 7 nitrogen and oxygen atoms in total. The Kier molecular flexibility index (Phi) is 4.08. The Morgan fingerprint density at radius 3 is 2.65 bits per heavy atom. The second-order valence-corrected chi connectivity index (χ2v) is 5.99. The lowest BCUT2D eigenvalue weighted by atomic mass is 9.96. The fraction of sp³-hybridized carbons (Fsp3) is 0.615. The summed E-state index contributed by atoms with van der Waals surface area (Å²) in [5.74, 6) is 7.27. The molecule has 2 rings (SSSR count). The molecule has 110 valence electrons. The van der Waals surface area contributed by atoms with Gasteiger partial charge in [0.05, 0.1) is 0 Å². The number of carbonyl (C=O) groups is 1. The fourth-order valence-corrected chi connectivity index (χ4v) is 2.02. The molecule has 7 heteroatoms. The maximum Gasteiger partial charge on any atom is 0.242 e. The highest BCUT2D eigenvalue weighted by atomic mass is 16.2. The van der Waals surface area contributed by atoms with Crippen molar-refractivity contribution in [3.8, 4) is 0 Å². The molecule has 0 spiro atoms. The number of nitrogen functional groups attached to an aromatic ring is 1. The van der Waals surface area contributed by atoms with E-state index in [-0.39, 0.29) is 17.4 Å². The van der Waals surface area contributed by atoms with Gasteiger partial charge in [0.2, 0.25) is 5.91 Å². The van der Waals surface area contributed by atoms with Crippen LogP contribution in [0.15, 0.2) is 6.07 Å². The van der Waals surface area contributed by atoms with Crippen LogP contribution in [0.3, 0.4) is 0 Å². The van der Waals surface area contributed by atoms with Gasteiger partial charge in [0.15, 0.2) is 0 Å². The average Bonchev–Trinajstić information content (AvgIpc) is 2.40. The summed E-state index contributed by atoms with van der Waals surface area (Å²) >= 11 is 0. The molecule has 1 aromatic rings. The SMILES string of the molecule is CC(C)(C)c1nc(NN)cc(NC2CCCNC2=O)n1. The van der Waals surface area contributed by atoms with E-state index in [1.807, 2.05) is 20.8 Å². The lowest BCUT2D eigenvalue weighted by molar-refractivity contribution is -0.123. The van der Waals surface area contributed by atoms with E-state index in [4.69, 9.17) is 5.84 Å². The first-order chi connectivity index (χ1) is 9.40. The molecule has 1 unspecified atom stereocenters. The van der Waals surface area contributed by atoms with E-state index < -0.39 is 0 Å². The lowest BCUT2D eigenvalue weighted by Crippen LogP contribution is -2.44. The largest absolute Gasteiger partial charge is 0.358 e. The van der Waals surface area contributed by atoms with Crippen LogP contribution in [0.25, 0.3) is 0 Å². The summed E-state index contributed by atoms with van der Waals surface area (Å²) in [4.78, 5) is 20.6. The van der Waals surface area contributed by atoms with Gasteiger partial charge < -0.3 is 16.1 Å². The van der Waals surface area contributed by atoms with Crippen LogP contribution in [0.4, 0.5) is 11.6 Å². The molecular formula is C13H22N6O. The number of amides is 1. The summed E-state index contributed by atoms with van der Waals surface area (Å²) in [6.07, 6.45) is 1.76. The van der Waals surface area contributed by atoms with Gasteiger partial charge in [-0.3, -0.25) is 4.79 Å². The molecule has 5 N–H and O–H groups in total. The first-order valence-corrected chi connectivity index (χ1v) is 6.80. The van der Waals surface area contributed by atoms with Crippen LogP contribution in [0, 0.1) is 0 Å². The van der Waals surface area contributed by atoms with Gasteiger partial charge in [-0.05, 0) is 12.8 Å². The van der Waals surface area contributed by atoms with Crippen LogP contribution in [-0.2, 0) is 10.2 Å². The lowest BCUT2D eigenvalue weighted by Gasteiger charge is -2.24. The highest BCUT2D eigenvalue weighted by Gasteiger charge is 2.24. The third-order valence-electron chi connectivity index (χ3n) is 3.15. The van der Waals surface area contributed by atoms with E-state index in [1.165, 1.54) is 0 Å². The maximum atomic E-state index is 11.8. The molecule has 1 amide bonds. The highest BCUT2D eigenvalue weighted by molar-refractivity contribution is 5.85. The summed E-state index contributed by atoms with van der Waals surface area (Å²) in [5.41, 5.74) is 2.34. The number of aromatic nitrogens is 2. The summed E-state index contributed by atoms with van der Waals surface area (Å²) in [6, 6.07) is 1.45. The molecular weight excluding hydrogens is 256 g/mol. The summed E-state index contributed by atoms with van der Waals surface area (Å²) in [6.45, 7) is 6.82. The number of rotatable bonds is 3. The van der Waals surface area contributed by atoms with Crippen LogP contribution in [0.5, 0.6) is 0 Å².